The van der Waals surface area contributed by atoms with Crippen molar-refractivity contribution < 1.29 is 4.39 Å². The van der Waals surface area contributed by atoms with Crippen LogP contribution in [0, 0.1) is 12.7 Å². The number of rotatable bonds is 6. The van der Waals surface area contributed by atoms with Gasteiger partial charge in [-0.15, -0.1) is 0 Å². The lowest BCUT2D eigenvalue weighted by molar-refractivity contribution is 0.624. The van der Waals surface area contributed by atoms with Gasteiger partial charge in [0.2, 0.25) is 0 Å². The normalized spacial score (nSPS) is 11.7. The van der Waals surface area contributed by atoms with Crippen LogP contribution >= 0.6 is 0 Å². The van der Waals surface area contributed by atoms with Crippen LogP contribution in [0.5, 0.6) is 0 Å². The summed E-state index contributed by atoms with van der Waals surface area (Å²) >= 11 is 0. The van der Waals surface area contributed by atoms with Crippen molar-refractivity contribution >= 4 is 17.0 Å². The van der Waals surface area contributed by atoms with Gasteiger partial charge < -0.3 is 15.2 Å². The molecule has 0 saturated carbocycles. The summed E-state index contributed by atoms with van der Waals surface area (Å²) in [7, 11) is 1.75. The van der Waals surface area contributed by atoms with E-state index in [9.17, 15) is 4.39 Å². The van der Waals surface area contributed by atoms with E-state index in [1.807, 2.05) is 31.2 Å². The topological polar surface area (TPSA) is 54.2 Å². The standard InChI is InChI=1S/C20H24FN5/c1-15-25-18-8-3-4-9-19(18)26(15)13-12-24-20(22-2)23-11-10-16-6-5-7-17(21)14-16/h3-9,14H,10-13H2,1-2H3,(H2,22,23,24). The average Bonchev–Trinajstić information content (AvgIpc) is 2.96. The molecule has 0 radical (unpaired) electrons. The van der Waals surface area contributed by atoms with Crippen molar-refractivity contribution in [2.45, 2.75) is 19.9 Å². The molecule has 26 heavy (non-hydrogen) atoms. The van der Waals surface area contributed by atoms with Gasteiger partial charge in [0.25, 0.3) is 0 Å². The lowest BCUT2D eigenvalue weighted by atomic mass is 10.1. The molecule has 0 amide bonds. The number of aryl methyl sites for hydroxylation is 1. The minimum absolute atomic E-state index is 0.201. The van der Waals surface area contributed by atoms with Gasteiger partial charge in [-0.05, 0) is 43.2 Å². The maximum atomic E-state index is 13.2. The van der Waals surface area contributed by atoms with Crippen molar-refractivity contribution in [1.29, 1.82) is 0 Å². The number of halogens is 1. The fourth-order valence-electron chi connectivity index (χ4n) is 3.00. The first-order valence-corrected chi connectivity index (χ1v) is 8.78. The molecule has 0 unspecified atom stereocenters. The van der Waals surface area contributed by atoms with Gasteiger partial charge in [-0.25, -0.2) is 9.37 Å². The van der Waals surface area contributed by atoms with Crippen molar-refractivity contribution in [3.8, 4) is 0 Å². The third-order valence-electron chi connectivity index (χ3n) is 4.29. The summed E-state index contributed by atoms with van der Waals surface area (Å²) in [5, 5.41) is 6.57. The molecule has 0 atom stereocenters. The summed E-state index contributed by atoms with van der Waals surface area (Å²) in [5.74, 6) is 1.54. The maximum absolute atomic E-state index is 13.2. The monoisotopic (exact) mass is 353 g/mol. The van der Waals surface area contributed by atoms with E-state index < -0.39 is 0 Å². The van der Waals surface area contributed by atoms with Crippen LogP contribution in [0.2, 0.25) is 0 Å². The van der Waals surface area contributed by atoms with Crippen LogP contribution < -0.4 is 10.6 Å². The molecular weight excluding hydrogens is 329 g/mol. The van der Waals surface area contributed by atoms with Crippen LogP contribution in [0.4, 0.5) is 4.39 Å². The lowest BCUT2D eigenvalue weighted by Crippen LogP contribution is -2.39. The Morgan fingerprint density at radius 1 is 1.12 bits per heavy atom. The highest BCUT2D eigenvalue weighted by atomic mass is 19.1. The predicted molar refractivity (Wildman–Crippen MR) is 104 cm³/mol. The van der Waals surface area contributed by atoms with Crippen molar-refractivity contribution in [3.05, 3.63) is 65.7 Å². The second-order valence-corrected chi connectivity index (χ2v) is 6.11. The molecule has 0 bridgehead atoms. The maximum Gasteiger partial charge on any atom is 0.191 e. The minimum atomic E-state index is -0.201. The van der Waals surface area contributed by atoms with E-state index >= 15 is 0 Å². The van der Waals surface area contributed by atoms with E-state index in [0.717, 1.165) is 47.9 Å². The Bertz CT molecular complexity index is 900. The van der Waals surface area contributed by atoms with E-state index in [2.05, 4.69) is 31.2 Å². The van der Waals surface area contributed by atoms with E-state index in [1.165, 1.54) is 6.07 Å². The van der Waals surface area contributed by atoms with Crippen LogP contribution in [0.15, 0.2) is 53.5 Å². The molecule has 3 rings (SSSR count). The van der Waals surface area contributed by atoms with Crippen LogP contribution in [0.3, 0.4) is 0 Å². The zero-order chi connectivity index (χ0) is 18.4. The number of benzene rings is 2. The van der Waals surface area contributed by atoms with Crippen molar-refractivity contribution in [2.24, 2.45) is 4.99 Å². The average molecular weight is 353 g/mol. The Labute approximate surface area is 153 Å². The second kappa shape index (κ2) is 8.47. The molecule has 6 heteroatoms. The number of para-hydroxylation sites is 2. The van der Waals surface area contributed by atoms with Crippen molar-refractivity contribution in [3.63, 3.8) is 0 Å². The first-order valence-electron chi connectivity index (χ1n) is 8.78. The van der Waals surface area contributed by atoms with Gasteiger partial charge in [-0.2, -0.15) is 0 Å². The number of guanidine groups is 1. The lowest BCUT2D eigenvalue weighted by Gasteiger charge is -2.13. The number of fused-ring (bicyclic) bond motifs is 1. The zero-order valence-corrected chi connectivity index (χ0v) is 15.2. The summed E-state index contributed by atoms with van der Waals surface area (Å²) in [5.41, 5.74) is 3.12. The molecule has 0 spiro atoms. The Morgan fingerprint density at radius 2 is 1.92 bits per heavy atom. The molecule has 0 aliphatic heterocycles. The molecular formula is C20H24FN5. The Kier molecular flexibility index (Phi) is 5.84. The number of aliphatic imine (C=N–C) groups is 1. The Morgan fingerprint density at radius 3 is 2.73 bits per heavy atom. The van der Waals surface area contributed by atoms with E-state index in [1.54, 1.807) is 19.2 Å². The van der Waals surface area contributed by atoms with E-state index in [4.69, 9.17) is 0 Å². The molecule has 136 valence electrons. The van der Waals surface area contributed by atoms with Crippen LogP contribution in [0.25, 0.3) is 11.0 Å². The fraction of sp³-hybridized carbons (Fsp3) is 0.300. The second-order valence-electron chi connectivity index (χ2n) is 6.11. The van der Waals surface area contributed by atoms with Crippen LogP contribution in [-0.2, 0) is 13.0 Å². The van der Waals surface area contributed by atoms with E-state index in [-0.39, 0.29) is 5.82 Å². The summed E-state index contributed by atoms with van der Waals surface area (Å²) in [6.45, 7) is 4.25. The Hall–Kier alpha value is -2.89. The first kappa shape index (κ1) is 17.9. The summed E-state index contributed by atoms with van der Waals surface area (Å²) < 4.78 is 15.4. The van der Waals surface area contributed by atoms with E-state index in [0.29, 0.717) is 6.54 Å². The molecule has 2 N–H and O–H groups in total. The van der Waals surface area contributed by atoms with Gasteiger partial charge in [-0.1, -0.05) is 24.3 Å². The van der Waals surface area contributed by atoms with Crippen LogP contribution in [-0.4, -0.2) is 35.6 Å². The molecule has 3 aromatic rings. The van der Waals surface area contributed by atoms with Crippen molar-refractivity contribution in [2.75, 3.05) is 20.1 Å². The minimum Gasteiger partial charge on any atom is -0.356 e. The third kappa shape index (κ3) is 4.39. The molecule has 0 saturated heterocycles. The molecule has 5 nitrogen and oxygen atoms in total. The molecule has 0 aliphatic carbocycles. The van der Waals surface area contributed by atoms with Gasteiger partial charge in [0.15, 0.2) is 5.96 Å². The summed E-state index contributed by atoms with van der Waals surface area (Å²) in [6.07, 6.45) is 0.740. The molecule has 1 heterocycles. The number of nitrogens with one attached hydrogen (secondary N) is 2. The number of hydrogen-bond donors (Lipinski definition) is 2. The molecule has 0 aliphatic rings. The highest BCUT2D eigenvalue weighted by Crippen LogP contribution is 2.14. The van der Waals surface area contributed by atoms with Gasteiger partial charge in [0, 0.05) is 26.7 Å². The molecule has 1 aromatic heterocycles. The van der Waals surface area contributed by atoms with Crippen molar-refractivity contribution in [1.82, 2.24) is 20.2 Å². The highest BCUT2D eigenvalue weighted by Gasteiger charge is 2.06. The Balaban J connectivity index is 1.49. The summed E-state index contributed by atoms with van der Waals surface area (Å²) in [6, 6.07) is 14.8. The third-order valence-corrected chi connectivity index (χ3v) is 4.29. The van der Waals surface area contributed by atoms with Gasteiger partial charge in [-0.3, -0.25) is 4.99 Å². The quantitative estimate of drug-likeness (QED) is 0.529. The zero-order valence-electron chi connectivity index (χ0n) is 15.2. The number of imidazole rings is 1. The van der Waals surface area contributed by atoms with Gasteiger partial charge in [0.05, 0.1) is 11.0 Å². The van der Waals surface area contributed by atoms with Gasteiger partial charge >= 0.3 is 0 Å². The van der Waals surface area contributed by atoms with Crippen LogP contribution in [0.1, 0.15) is 11.4 Å². The fourth-order valence-corrected chi connectivity index (χ4v) is 3.00. The van der Waals surface area contributed by atoms with Gasteiger partial charge in [0.1, 0.15) is 11.6 Å². The molecule has 2 aromatic carbocycles. The number of hydrogen-bond acceptors (Lipinski definition) is 2. The summed E-state index contributed by atoms with van der Waals surface area (Å²) in [4.78, 5) is 8.82. The smallest absolute Gasteiger partial charge is 0.191 e. The SMILES string of the molecule is CN=C(NCCc1cccc(F)c1)NCCn1c(C)nc2ccccc21. The largest absolute Gasteiger partial charge is 0.356 e. The predicted octanol–water partition coefficient (Wildman–Crippen LogP) is 2.89. The molecule has 0 fully saturated rings. The number of aromatic nitrogens is 2. The number of nitrogens with zero attached hydrogens (tertiary/aromatic N) is 3. The highest BCUT2D eigenvalue weighted by molar-refractivity contribution is 5.79. The first-order chi connectivity index (χ1) is 12.7.